The van der Waals surface area contributed by atoms with E-state index in [-0.39, 0.29) is 0 Å². The van der Waals surface area contributed by atoms with Crippen molar-refractivity contribution >= 4 is 0 Å². The van der Waals surface area contributed by atoms with Crippen molar-refractivity contribution in [3.8, 4) is 6.07 Å². The quantitative estimate of drug-likeness (QED) is 0.511. The van der Waals surface area contributed by atoms with Crippen molar-refractivity contribution in [2.24, 2.45) is 0 Å². The lowest BCUT2D eigenvalue weighted by Gasteiger charge is -2.06. The zero-order valence-electron chi connectivity index (χ0n) is 4.24. The van der Waals surface area contributed by atoms with Crippen molar-refractivity contribution in [3.63, 3.8) is 0 Å². The van der Waals surface area contributed by atoms with Crippen LogP contribution in [-0.4, -0.2) is 12.3 Å². The Labute approximate surface area is 48.9 Å². The monoisotopic (exact) mass is 141 g/mol. The molecule has 1 unspecified atom stereocenters. The predicted molar refractivity (Wildman–Crippen MR) is 21.2 cm³/mol. The van der Waals surface area contributed by atoms with E-state index in [0.717, 1.165) is 6.07 Å². The molecule has 0 fully saturated rings. The molecule has 0 aromatic heterocycles. The molecule has 0 aromatic rings. The Morgan fingerprint density at radius 1 is 1.44 bits per heavy atom. The minimum absolute atomic E-state index is 1.08. The van der Waals surface area contributed by atoms with Gasteiger partial charge in [-0.15, -0.1) is 0 Å². The standard InChI is InChI=1S/C4H3F4N/c5-3(1-2-9)4(6,7)8/h3H,1H2. The summed E-state index contributed by atoms with van der Waals surface area (Å²) in [6.45, 7) is 0. The van der Waals surface area contributed by atoms with Crippen LogP contribution in [0.25, 0.3) is 0 Å². The number of nitrogens with zero attached hydrogens (tertiary/aromatic N) is 1. The molecule has 0 saturated heterocycles. The minimum atomic E-state index is -4.88. The molecule has 5 heteroatoms. The summed E-state index contributed by atoms with van der Waals surface area (Å²) < 4.78 is 44.9. The topological polar surface area (TPSA) is 23.8 Å². The Kier molecular flexibility index (Phi) is 2.43. The van der Waals surface area contributed by atoms with Crippen LogP contribution in [0.15, 0.2) is 0 Å². The van der Waals surface area contributed by atoms with Crippen molar-refractivity contribution in [1.29, 1.82) is 5.26 Å². The van der Waals surface area contributed by atoms with Gasteiger partial charge in [0, 0.05) is 0 Å². The average Bonchev–Trinajstić information content (AvgIpc) is 1.64. The van der Waals surface area contributed by atoms with Gasteiger partial charge in [0.15, 0.2) is 0 Å². The van der Waals surface area contributed by atoms with E-state index in [4.69, 9.17) is 5.26 Å². The number of hydrogen-bond donors (Lipinski definition) is 0. The highest BCUT2D eigenvalue weighted by Crippen LogP contribution is 2.24. The number of alkyl halides is 4. The molecule has 0 aliphatic heterocycles. The zero-order chi connectivity index (χ0) is 7.49. The first-order chi connectivity index (χ1) is 3.98. The van der Waals surface area contributed by atoms with Crippen LogP contribution in [0.5, 0.6) is 0 Å². The van der Waals surface area contributed by atoms with Crippen molar-refractivity contribution < 1.29 is 17.6 Å². The first-order valence-electron chi connectivity index (χ1n) is 2.06. The SMILES string of the molecule is N#CCC(F)C(F)(F)F. The summed E-state index contributed by atoms with van der Waals surface area (Å²) >= 11 is 0. The van der Waals surface area contributed by atoms with Crippen LogP contribution in [0.2, 0.25) is 0 Å². The molecule has 0 radical (unpaired) electrons. The van der Waals surface area contributed by atoms with Crippen molar-refractivity contribution in [1.82, 2.24) is 0 Å². The van der Waals surface area contributed by atoms with Gasteiger partial charge in [-0.3, -0.25) is 0 Å². The van der Waals surface area contributed by atoms with E-state index < -0.39 is 18.8 Å². The van der Waals surface area contributed by atoms with E-state index in [0.29, 0.717) is 0 Å². The van der Waals surface area contributed by atoms with Gasteiger partial charge < -0.3 is 0 Å². The summed E-state index contributed by atoms with van der Waals surface area (Å²) in [6, 6.07) is 1.08. The van der Waals surface area contributed by atoms with E-state index in [9.17, 15) is 17.6 Å². The van der Waals surface area contributed by atoms with Crippen LogP contribution in [0.4, 0.5) is 17.6 Å². The first-order valence-corrected chi connectivity index (χ1v) is 2.06. The summed E-state index contributed by atoms with van der Waals surface area (Å²) in [5.41, 5.74) is 0. The molecule has 0 spiro atoms. The molecule has 0 saturated carbocycles. The Hall–Kier alpha value is -0.790. The molecule has 0 heterocycles. The molecule has 0 aliphatic carbocycles. The highest BCUT2D eigenvalue weighted by atomic mass is 19.4. The Morgan fingerprint density at radius 3 is 2.00 bits per heavy atom. The minimum Gasteiger partial charge on any atom is -0.236 e. The predicted octanol–water partition coefficient (Wildman–Crippen LogP) is 1.80. The molecule has 0 aromatic carbocycles. The maximum absolute atomic E-state index is 11.6. The van der Waals surface area contributed by atoms with E-state index in [1.807, 2.05) is 0 Å². The lowest BCUT2D eigenvalue weighted by Crippen LogP contribution is -2.23. The van der Waals surface area contributed by atoms with Gasteiger partial charge in [-0.2, -0.15) is 18.4 Å². The summed E-state index contributed by atoms with van der Waals surface area (Å²) in [5.74, 6) is 0. The van der Waals surface area contributed by atoms with Gasteiger partial charge in [0.05, 0.1) is 12.5 Å². The van der Waals surface area contributed by atoms with Gasteiger partial charge >= 0.3 is 6.18 Å². The molecular formula is C4H3F4N. The molecule has 1 nitrogen and oxygen atoms in total. The highest BCUT2D eigenvalue weighted by Gasteiger charge is 2.39. The van der Waals surface area contributed by atoms with Gasteiger partial charge in [-0.25, -0.2) is 4.39 Å². The lowest BCUT2D eigenvalue weighted by atomic mass is 10.3. The van der Waals surface area contributed by atoms with Crippen molar-refractivity contribution in [2.45, 2.75) is 18.8 Å². The van der Waals surface area contributed by atoms with Crippen LogP contribution in [-0.2, 0) is 0 Å². The third-order valence-electron chi connectivity index (χ3n) is 0.626. The van der Waals surface area contributed by atoms with Crippen LogP contribution in [0, 0.1) is 11.3 Å². The molecule has 9 heavy (non-hydrogen) atoms. The second kappa shape index (κ2) is 2.67. The average molecular weight is 141 g/mol. The maximum atomic E-state index is 11.6. The normalized spacial score (nSPS) is 14.6. The Bertz CT molecular complexity index is 122. The molecule has 0 N–H and O–H groups in total. The maximum Gasteiger partial charge on any atom is 0.420 e. The van der Waals surface area contributed by atoms with Crippen LogP contribution in [0.1, 0.15) is 6.42 Å². The lowest BCUT2D eigenvalue weighted by molar-refractivity contribution is -0.178. The molecule has 0 bridgehead atoms. The van der Waals surface area contributed by atoms with E-state index >= 15 is 0 Å². The second-order valence-corrected chi connectivity index (χ2v) is 1.37. The number of halogens is 4. The van der Waals surface area contributed by atoms with Gasteiger partial charge in [-0.1, -0.05) is 0 Å². The van der Waals surface area contributed by atoms with E-state index in [2.05, 4.69) is 0 Å². The van der Waals surface area contributed by atoms with Crippen LogP contribution < -0.4 is 0 Å². The Morgan fingerprint density at radius 2 is 1.89 bits per heavy atom. The van der Waals surface area contributed by atoms with E-state index in [1.165, 1.54) is 0 Å². The number of hydrogen-bond acceptors (Lipinski definition) is 1. The van der Waals surface area contributed by atoms with Crippen molar-refractivity contribution in [2.75, 3.05) is 0 Å². The highest BCUT2D eigenvalue weighted by molar-refractivity contribution is 4.79. The van der Waals surface area contributed by atoms with Crippen LogP contribution in [0.3, 0.4) is 0 Å². The summed E-state index contributed by atoms with van der Waals surface area (Å²) in [5, 5.41) is 7.61. The summed E-state index contributed by atoms with van der Waals surface area (Å²) in [4.78, 5) is 0. The third kappa shape index (κ3) is 2.90. The molecule has 52 valence electrons. The molecule has 0 rings (SSSR count). The molecule has 1 atom stereocenters. The second-order valence-electron chi connectivity index (χ2n) is 1.37. The summed E-state index contributed by atoms with van der Waals surface area (Å²) in [6.07, 6.45) is -9.00. The third-order valence-corrected chi connectivity index (χ3v) is 0.626. The van der Waals surface area contributed by atoms with E-state index in [1.54, 1.807) is 0 Å². The fraction of sp³-hybridized carbons (Fsp3) is 0.750. The van der Waals surface area contributed by atoms with Gasteiger partial charge in [-0.05, 0) is 0 Å². The zero-order valence-corrected chi connectivity index (χ0v) is 4.24. The van der Waals surface area contributed by atoms with Gasteiger partial charge in [0.25, 0.3) is 0 Å². The Balaban J connectivity index is 3.76. The summed E-state index contributed by atoms with van der Waals surface area (Å²) in [7, 11) is 0. The van der Waals surface area contributed by atoms with Gasteiger partial charge in [0.2, 0.25) is 6.17 Å². The largest absolute Gasteiger partial charge is 0.420 e. The molecule has 0 aliphatic rings. The fourth-order valence-corrected chi connectivity index (χ4v) is 0.196. The fourth-order valence-electron chi connectivity index (χ4n) is 0.196. The van der Waals surface area contributed by atoms with Crippen molar-refractivity contribution in [3.05, 3.63) is 0 Å². The smallest absolute Gasteiger partial charge is 0.236 e. The van der Waals surface area contributed by atoms with Gasteiger partial charge in [0.1, 0.15) is 0 Å². The first kappa shape index (κ1) is 8.21. The number of rotatable bonds is 1. The van der Waals surface area contributed by atoms with Crippen LogP contribution >= 0.6 is 0 Å². The molecule has 0 amide bonds. The number of nitriles is 1. The molecular weight excluding hydrogens is 138 g/mol.